The summed E-state index contributed by atoms with van der Waals surface area (Å²) >= 11 is 0. The highest BCUT2D eigenvalue weighted by Crippen LogP contribution is 2.19. The summed E-state index contributed by atoms with van der Waals surface area (Å²) in [6.07, 6.45) is 4.39. The summed E-state index contributed by atoms with van der Waals surface area (Å²) in [5.74, 6) is 0.624. The van der Waals surface area contributed by atoms with Crippen LogP contribution in [0.2, 0.25) is 0 Å². The van der Waals surface area contributed by atoms with Crippen molar-refractivity contribution in [3.63, 3.8) is 0 Å². The molecule has 6 nitrogen and oxygen atoms in total. The molecule has 24 heavy (non-hydrogen) atoms. The van der Waals surface area contributed by atoms with Gasteiger partial charge in [0.15, 0.2) is 0 Å². The summed E-state index contributed by atoms with van der Waals surface area (Å²) < 4.78 is 0. The van der Waals surface area contributed by atoms with Gasteiger partial charge in [0, 0.05) is 37.2 Å². The standard InChI is InChI=1S/C18H22N4O2/c23-13-18(24)21-16-5-3-4-15(10-16)19-11-14-6-7-17(20-12-14)22-8-1-2-9-22/h3-7,10,12,19,23H,1-2,8-9,11,13H2,(H,21,24). The van der Waals surface area contributed by atoms with Gasteiger partial charge in [0.2, 0.25) is 5.91 Å². The van der Waals surface area contributed by atoms with Crippen LogP contribution in [0.4, 0.5) is 17.2 Å². The molecule has 2 aromatic rings. The fourth-order valence-electron chi connectivity index (χ4n) is 2.77. The Balaban J connectivity index is 1.57. The average molecular weight is 326 g/mol. The Hall–Kier alpha value is -2.60. The van der Waals surface area contributed by atoms with Crippen LogP contribution in [0, 0.1) is 0 Å². The summed E-state index contributed by atoms with van der Waals surface area (Å²) in [7, 11) is 0. The van der Waals surface area contributed by atoms with E-state index in [2.05, 4.69) is 32.7 Å². The van der Waals surface area contributed by atoms with E-state index in [1.807, 2.05) is 24.4 Å². The molecule has 2 heterocycles. The van der Waals surface area contributed by atoms with Gasteiger partial charge in [0.05, 0.1) is 0 Å². The zero-order chi connectivity index (χ0) is 16.8. The van der Waals surface area contributed by atoms with E-state index in [-0.39, 0.29) is 0 Å². The second-order valence-electron chi connectivity index (χ2n) is 5.86. The number of hydrogen-bond acceptors (Lipinski definition) is 5. The number of aromatic nitrogens is 1. The van der Waals surface area contributed by atoms with Crippen LogP contribution in [-0.2, 0) is 11.3 Å². The maximum atomic E-state index is 11.2. The Bertz CT molecular complexity index is 682. The fourth-order valence-corrected chi connectivity index (χ4v) is 2.77. The van der Waals surface area contributed by atoms with Crippen LogP contribution in [-0.4, -0.2) is 35.7 Å². The minimum atomic E-state index is -0.521. The predicted octanol–water partition coefficient (Wildman–Crippen LogP) is 2.22. The molecule has 1 aromatic carbocycles. The number of benzene rings is 1. The molecule has 1 fully saturated rings. The van der Waals surface area contributed by atoms with E-state index in [9.17, 15) is 4.79 Å². The van der Waals surface area contributed by atoms with Gasteiger partial charge in [-0.15, -0.1) is 0 Å². The SMILES string of the molecule is O=C(CO)Nc1cccc(NCc2ccc(N3CCCC3)nc2)c1. The number of aliphatic hydroxyl groups excluding tert-OH is 1. The maximum absolute atomic E-state index is 11.2. The summed E-state index contributed by atoms with van der Waals surface area (Å²) in [4.78, 5) is 18.1. The lowest BCUT2D eigenvalue weighted by Crippen LogP contribution is -2.18. The lowest BCUT2D eigenvalue weighted by Gasteiger charge is -2.16. The minimum Gasteiger partial charge on any atom is -0.387 e. The van der Waals surface area contributed by atoms with Gasteiger partial charge in [-0.05, 0) is 42.7 Å². The smallest absolute Gasteiger partial charge is 0.250 e. The van der Waals surface area contributed by atoms with Crippen molar-refractivity contribution in [2.24, 2.45) is 0 Å². The Morgan fingerprint density at radius 1 is 1.17 bits per heavy atom. The number of rotatable bonds is 6. The van der Waals surface area contributed by atoms with Gasteiger partial charge in [-0.25, -0.2) is 4.98 Å². The van der Waals surface area contributed by atoms with Crippen molar-refractivity contribution in [3.8, 4) is 0 Å². The van der Waals surface area contributed by atoms with Crippen molar-refractivity contribution in [1.29, 1.82) is 0 Å². The van der Waals surface area contributed by atoms with E-state index in [1.54, 1.807) is 6.07 Å². The van der Waals surface area contributed by atoms with Gasteiger partial charge in [-0.3, -0.25) is 4.79 Å². The number of amides is 1. The van der Waals surface area contributed by atoms with Crippen LogP contribution in [0.3, 0.4) is 0 Å². The van der Waals surface area contributed by atoms with Crippen molar-refractivity contribution in [2.45, 2.75) is 19.4 Å². The van der Waals surface area contributed by atoms with Crippen LogP contribution in [0.15, 0.2) is 42.6 Å². The molecule has 0 saturated carbocycles. The second-order valence-corrected chi connectivity index (χ2v) is 5.86. The van der Waals surface area contributed by atoms with E-state index < -0.39 is 12.5 Å². The molecule has 3 rings (SSSR count). The molecular formula is C18H22N4O2. The first kappa shape index (κ1) is 16.3. The van der Waals surface area contributed by atoms with Crippen LogP contribution in [0.5, 0.6) is 0 Å². The predicted molar refractivity (Wildman–Crippen MR) is 95.2 cm³/mol. The summed E-state index contributed by atoms with van der Waals surface area (Å²) in [6, 6.07) is 11.6. The third-order valence-corrected chi connectivity index (χ3v) is 4.03. The molecule has 126 valence electrons. The fraction of sp³-hybridized carbons (Fsp3) is 0.333. The van der Waals surface area contributed by atoms with E-state index in [0.29, 0.717) is 12.2 Å². The summed E-state index contributed by atoms with van der Waals surface area (Å²) in [5, 5.41) is 14.7. The molecule has 1 amide bonds. The van der Waals surface area contributed by atoms with Crippen LogP contribution >= 0.6 is 0 Å². The molecule has 3 N–H and O–H groups in total. The first-order chi connectivity index (χ1) is 11.7. The second kappa shape index (κ2) is 7.79. The molecule has 6 heteroatoms. The average Bonchev–Trinajstić information content (AvgIpc) is 3.15. The van der Waals surface area contributed by atoms with Crippen molar-refractivity contribution in [1.82, 2.24) is 4.98 Å². The first-order valence-corrected chi connectivity index (χ1v) is 8.19. The van der Waals surface area contributed by atoms with Gasteiger partial charge in [0.25, 0.3) is 0 Å². The van der Waals surface area contributed by atoms with Gasteiger partial charge in [-0.2, -0.15) is 0 Å². The van der Waals surface area contributed by atoms with Crippen LogP contribution < -0.4 is 15.5 Å². The number of carbonyl (C=O) groups excluding carboxylic acids is 1. The number of aliphatic hydroxyl groups is 1. The molecule has 0 spiro atoms. The number of nitrogens with zero attached hydrogens (tertiary/aromatic N) is 2. The van der Waals surface area contributed by atoms with Crippen LogP contribution in [0.1, 0.15) is 18.4 Å². The van der Waals surface area contributed by atoms with E-state index >= 15 is 0 Å². The largest absolute Gasteiger partial charge is 0.387 e. The Labute approximate surface area is 141 Å². The highest BCUT2D eigenvalue weighted by molar-refractivity contribution is 5.91. The number of anilines is 3. The molecule has 1 aliphatic rings. The first-order valence-electron chi connectivity index (χ1n) is 8.19. The number of nitrogens with one attached hydrogen (secondary N) is 2. The highest BCUT2D eigenvalue weighted by Gasteiger charge is 2.12. The monoisotopic (exact) mass is 326 g/mol. The number of pyridine rings is 1. The van der Waals surface area contributed by atoms with Gasteiger partial charge < -0.3 is 20.6 Å². The van der Waals surface area contributed by atoms with Crippen molar-refractivity contribution in [3.05, 3.63) is 48.2 Å². The minimum absolute atomic E-state index is 0.422. The third kappa shape index (κ3) is 4.23. The molecule has 0 bridgehead atoms. The maximum Gasteiger partial charge on any atom is 0.250 e. The van der Waals surface area contributed by atoms with Crippen molar-refractivity contribution >= 4 is 23.1 Å². The molecule has 1 saturated heterocycles. The van der Waals surface area contributed by atoms with E-state index in [0.717, 1.165) is 30.2 Å². The van der Waals surface area contributed by atoms with Crippen molar-refractivity contribution in [2.75, 3.05) is 35.2 Å². The van der Waals surface area contributed by atoms with Crippen LogP contribution in [0.25, 0.3) is 0 Å². The lowest BCUT2D eigenvalue weighted by atomic mass is 10.2. The number of hydrogen-bond donors (Lipinski definition) is 3. The summed E-state index contributed by atoms with van der Waals surface area (Å²) in [6.45, 7) is 2.32. The zero-order valence-electron chi connectivity index (χ0n) is 13.5. The van der Waals surface area contributed by atoms with E-state index in [4.69, 9.17) is 5.11 Å². The highest BCUT2D eigenvalue weighted by atomic mass is 16.3. The third-order valence-electron chi connectivity index (χ3n) is 4.03. The Morgan fingerprint density at radius 3 is 2.67 bits per heavy atom. The molecule has 1 aliphatic heterocycles. The Kier molecular flexibility index (Phi) is 5.28. The normalized spacial score (nSPS) is 13.8. The van der Waals surface area contributed by atoms with Gasteiger partial charge >= 0.3 is 0 Å². The number of carbonyl (C=O) groups is 1. The molecule has 0 atom stereocenters. The lowest BCUT2D eigenvalue weighted by molar-refractivity contribution is -0.118. The quantitative estimate of drug-likeness (QED) is 0.759. The molecular weight excluding hydrogens is 304 g/mol. The van der Waals surface area contributed by atoms with Gasteiger partial charge in [0.1, 0.15) is 12.4 Å². The topological polar surface area (TPSA) is 77.5 Å². The molecule has 0 aliphatic carbocycles. The van der Waals surface area contributed by atoms with Gasteiger partial charge in [-0.1, -0.05) is 12.1 Å². The molecule has 1 aromatic heterocycles. The zero-order valence-corrected chi connectivity index (χ0v) is 13.5. The van der Waals surface area contributed by atoms with E-state index in [1.165, 1.54) is 12.8 Å². The summed E-state index contributed by atoms with van der Waals surface area (Å²) in [5.41, 5.74) is 2.65. The Morgan fingerprint density at radius 2 is 1.96 bits per heavy atom. The van der Waals surface area contributed by atoms with Crippen molar-refractivity contribution < 1.29 is 9.90 Å². The molecule has 0 unspecified atom stereocenters. The molecule has 0 radical (unpaired) electrons.